The molecule has 0 saturated heterocycles. The molecule has 18 heavy (non-hydrogen) atoms. The molecule has 2 aromatic rings. The molecule has 1 atom stereocenters. The van der Waals surface area contributed by atoms with Crippen LogP contribution in [0.15, 0.2) is 48.5 Å². The fourth-order valence-electron chi connectivity index (χ4n) is 1.82. The Morgan fingerprint density at radius 3 is 2.44 bits per heavy atom. The third-order valence-corrected chi connectivity index (χ3v) is 2.85. The summed E-state index contributed by atoms with van der Waals surface area (Å²) < 4.78 is 5.13. The highest BCUT2D eigenvalue weighted by Gasteiger charge is 2.05. The molecule has 0 aliphatic carbocycles. The molecule has 0 amide bonds. The van der Waals surface area contributed by atoms with Crippen LogP contribution in [-0.4, -0.2) is 12.2 Å². The highest BCUT2D eigenvalue weighted by molar-refractivity contribution is 5.49. The highest BCUT2D eigenvalue weighted by atomic mass is 16.5. The minimum atomic E-state index is 0.165. The van der Waals surface area contributed by atoms with Crippen molar-refractivity contribution in [1.29, 1.82) is 0 Å². The van der Waals surface area contributed by atoms with Crippen LogP contribution in [0, 0.1) is 0 Å². The number of ether oxygens (including phenoxy) is 1. The first-order chi connectivity index (χ1) is 8.69. The average molecular weight is 243 g/mol. The van der Waals surface area contributed by atoms with Gasteiger partial charge in [0.2, 0.25) is 0 Å². The summed E-state index contributed by atoms with van der Waals surface area (Å²) in [5.74, 6) is 1.12. The summed E-state index contributed by atoms with van der Waals surface area (Å²) >= 11 is 0. The Morgan fingerprint density at radius 1 is 1.11 bits per heavy atom. The van der Waals surface area contributed by atoms with Crippen LogP contribution in [0.3, 0.4) is 0 Å². The Bertz CT molecular complexity index is 508. The van der Waals surface area contributed by atoms with Crippen LogP contribution in [0.2, 0.25) is 0 Å². The van der Waals surface area contributed by atoms with Crippen molar-refractivity contribution in [2.45, 2.75) is 13.0 Å². The average Bonchev–Trinajstić information content (AvgIpc) is 2.39. The van der Waals surface area contributed by atoms with Gasteiger partial charge in [-0.15, -0.1) is 0 Å². The van der Waals surface area contributed by atoms with Crippen molar-refractivity contribution < 1.29 is 9.84 Å². The van der Waals surface area contributed by atoms with Crippen LogP contribution in [-0.2, 0) is 0 Å². The van der Waals surface area contributed by atoms with E-state index in [1.807, 2.05) is 36.4 Å². The number of anilines is 1. The zero-order chi connectivity index (χ0) is 13.0. The monoisotopic (exact) mass is 243 g/mol. The van der Waals surface area contributed by atoms with Gasteiger partial charge >= 0.3 is 0 Å². The number of hydrogen-bond acceptors (Lipinski definition) is 3. The predicted octanol–water partition coefficient (Wildman–Crippen LogP) is 3.57. The van der Waals surface area contributed by atoms with E-state index in [9.17, 15) is 5.11 Å². The summed E-state index contributed by atoms with van der Waals surface area (Å²) in [5.41, 5.74) is 2.07. The first-order valence-electron chi connectivity index (χ1n) is 5.88. The molecule has 0 aliphatic heterocycles. The Kier molecular flexibility index (Phi) is 3.72. The van der Waals surface area contributed by atoms with Crippen LogP contribution >= 0.6 is 0 Å². The van der Waals surface area contributed by atoms with Crippen LogP contribution in [0.5, 0.6) is 11.5 Å². The van der Waals surface area contributed by atoms with Crippen molar-refractivity contribution in [2.24, 2.45) is 0 Å². The van der Waals surface area contributed by atoms with Crippen molar-refractivity contribution in [2.75, 3.05) is 12.4 Å². The zero-order valence-corrected chi connectivity index (χ0v) is 10.6. The van der Waals surface area contributed by atoms with Gasteiger partial charge in [-0.3, -0.25) is 0 Å². The molecule has 2 rings (SSSR count). The number of aromatic hydroxyl groups is 1. The summed E-state index contributed by atoms with van der Waals surface area (Å²) in [5, 5.41) is 12.7. The van der Waals surface area contributed by atoms with E-state index in [0.717, 1.165) is 11.4 Å². The number of rotatable bonds is 4. The predicted molar refractivity (Wildman–Crippen MR) is 73.1 cm³/mol. The number of methoxy groups -OCH3 is 1. The second-order valence-electron chi connectivity index (χ2n) is 4.19. The maximum atomic E-state index is 9.41. The normalized spacial score (nSPS) is 11.9. The van der Waals surface area contributed by atoms with Crippen molar-refractivity contribution in [1.82, 2.24) is 0 Å². The summed E-state index contributed by atoms with van der Waals surface area (Å²) in [6.45, 7) is 2.08. The van der Waals surface area contributed by atoms with Gasteiger partial charge in [0.05, 0.1) is 7.11 Å². The number of phenols is 1. The van der Waals surface area contributed by atoms with Crippen molar-refractivity contribution >= 4 is 5.69 Å². The molecule has 0 fully saturated rings. The standard InChI is InChI=1S/C15H17NO2/c1-11(12-6-8-15(18-2)9-7-12)16-13-4-3-5-14(17)10-13/h3-11,16-17H,1-2H3. The topological polar surface area (TPSA) is 41.5 Å². The van der Waals surface area contributed by atoms with E-state index in [-0.39, 0.29) is 11.8 Å². The third kappa shape index (κ3) is 2.94. The molecule has 3 nitrogen and oxygen atoms in total. The second-order valence-corrected chi connectivity index (χ2v) is 4.19. The molecule has 0 aliphatic rings. The largest absolute Gasteiger partial charge is 0.508 e. The van der Waals surface area contributed by atoms with Gasteiger partial charge in [-0.1, -0.05) is 18.2 Å². The zero-order valence-electron chi connectivity index (χ0n) is 10.6. The fraction of sp³-hybridized carbons (Fsp3) is 0.200. The lowest BCUT2D eigenvalue weighted by Gasteiger charge is -2.16. The highest BCUT2D eigenvalue weighted by Crippen LogP contribution is 2.23. The van der Waals surface area contributed by atoms with E-state index < -0.39 is 0 Å². The molecule has 0 saturated carbocycles. The lowest BCUT2D eigenvalue weighted by Crippen LogP contribution is -2.06. The summed E-state index contributed by atoms with van der Waals surface area (Å²) in [4.78, 5) is 0. The molecule has 2 N–H and O–H groups in total. The molecule has 94 valence electrons. The molecule has 3 heteroatoms. The van der Waals surface area contributed by atoms with Crippen LogP contribution < -0.4 is 10.1 Å². The van der Waals surface area contributed by atoms with E-state index in [1.165, 1.54) is 5.56 Å². The molecule has 0 heterocycles. The first kappa shape index (κ1) is 12.3. The van der Waals surface area contributed by atoms with E-state index >= 15 is 0 Å². The molecule has 0 spiro atoms. The van der Waals surface area contributed by atoms with E-state index in [2.05, 4.69) is 12.2 Å². The third-order valence-electron chi connectivity index (χ3n) is 2.85. The Balaban J connectivity index is 2.09. The summed E-state index contributed by atoms with van der Waals surface area (Å²) in [6, 6.07) is 15.2. The molecular formula is C15H17NO2. The molecule has 0 bridgehead atoms. The maximum absolute atomic E-state index is 9.41. The van der Waals surface area contributed by atoms with Crippen LogP contribution in [0.4, 0.5) is 5.69 Å². The van der Waals surface area contributed by atoms with Crippen molar-refractivity contribution in [3.8, 4) is 11.5 Å². The Hall–Kier alpha value is -2.16. The number of nitrogens with one attached hydrogen (secondary N) is 1. The van der Waals surface area contributed by atoms with Crippen molar-refractivity contribution in [3.63, 3.8) is 0 Å². The minimum Gasteiger partial charge on any atom is -0.508 e. The Labute approximate surface area is 107 Å². The molecule has 2 aromatic carbocycles. The van der Waals surface area contributed by atoms with E-state index in [1.54, 1.807) is 19.2 Å². The van der Waals surface area contributed by atoms with Gasteiger partial charge in [-0.2, -0.15) is 0 Å². The smallest absolute Gasteiger partial charge is 0.118 e. The first-order valence-corrected chi connectivity index (χ1v) is 5.88. The van der Waals surface area contributed by atoms with E-state index in [4.69, 9.17) is 4.74 Å². The van der Waals surface area contributed by atoms with E-state index in [0.29, 0.717) is 0 Å². The van der Waals surface area contributed by atoms with Crippen molar-refractivity contribution in [3.05, 3.63) is 54.1 Å². The molecule has 1 unspecified atom stereocenters. The minimum absolute atomic E-state index is 0.165. The van der Waals surface area contributed by atoms with Gasteiger partial charge in [0, 0.05) is 17.8 Å². The number of benzene rings is 2. The van der Waals surface area contributed by atoms with Crippen LogP contribution in [0.25, 0.3) is 0 Å². The maximum Gasteiger partial charge on any atom is 0.118 e. The Morgan fingerprint density at radius 2 is 1.83 bits per heavy atom. The van der Waals surface area contributed by atoms with Gasteiger partial charge in [-0.25, -0.2) is 0 Å². The number of phenolic OH excluding ortho intramolecular Hbond substituents is 1. The second kappa shape index (κ2) is 5.45. The van der Waals surface area contributed by atoms with Crippen LogP contribution in [0.1, 0.15) is 18.5 Å². The fourth-order valence-corrected chi connectivity index (χ4v) is 1.82. The number of hydrogen-bond donors (Lipinski definition) is 2. The van der Waals surface area contributed by atoms with Gasteiger partial charge in [0.25, 0.3) is 0 Å². The van der Waals surface area contributed by atoms with Gasteiger partial charge < -0.3 is 15.2 Å². The van der Waals surface area contributed by atoms with Gasteiger partial charge in [0.1, 0.15) is 11.5 Å². The summed E-state index contributed by atoms with van der Waals surface area (Å²) in [7, 11) is 1.66. The molecule has 0 aromatic heterocycles. The SMILES string of the molecule is COc1ccc(C(C)Nc2cccc(O)c2)cc1. The summed E-state index contributed by atoms with van der Waals surface area (Å²) in [6.07, 6.45) is 0. The molecule has 0 radical (unpaired) electrons. The lowest BCUT2D eigenvalue weighted by molar-refractivity contribution is 0.414. The molecular weight excluding hydrogens is 226 g/mol. The lowest BCUT2D eigenvalue weighted by atomic mass is 10.1. The quantitative estimate of drug-likeness (QED) is 0.862. The van der Waals surface area contributed by atoms with Gasteiger partial charge in [0.15, 0.2) is 0 Å². The van der Waals surface area contributed by atoms with Gasteiger partial charge in [-0.05, 0) is 36.8 Å².